The predicted molar refractivity (Wildman–Crippen MR) is 137 cm³/mol. The van der Waals surface area contributed by atoms with Gasteiger partial charge in [0.05, 0.1) is 25.8 Å². The molecule has 1 amide bonds. The maximum Gasteiger partial charge on any atom is 0.511 e. The monoisotopic (exact) mass is 579 g/mol. The van der Waals surface area contributed by atoms with Crippen LogP contribution in [0.5, 0.6) is 5.88 Å². The van der Waals surface area contributed by atoms with Gasteiger partial charge in [-0.1, -0.05) is 35.9 Å². The Hall–Kier alpha value is -4.20. The largest absolute Gasteiger partial charge is 0.511 e. The Balaban J connectivity index is 1.69. The third-order valence-corrected chi connectivity index (χ3v) is 5.36. The minimum Gasteiger partial charge on any atom is -0.479 e. The number of rotatable bonds is 12. The second-order valence-corrected chi connectivity index (χ2v) is 8.97. The van der Waals surface area contributed by atoms with Crippen LogP contribution < -0.4 is 10.2 Å². The number of nitrogens with zero attached hydrogens (tertiary/aromatic N) is 2. The van der Waals surface area contributed by atoms with Crippen molar-refractivity contribution in [1.29, 1.82) is 0 Å². The zero-order valence-electron chi connectivity index (χ0n) is 21.8. The number of carbonyl (C=O) groups is 3. The van der Waals surface area contributed by atoms with Crippen molar-refractivity contribution in [1.82, 2.24) is 15.6 Å². The van der Waals surface area contributed by atoms with Crippen LogP contribution in [0, 0.1) is 5.82 Å². The number of aliphatic hydroxyl groups is 1. The van der Waals surface area contributed by atoms with Crippen LogP contribution in [0.4, 0.5) is 9.18 Å². The third-order valence-electron chi connectivity index (χ3n) is 5.12. The van der Waals surface area contributed by atoms with Crippen molar-refractivity contribution in [3.63, 3.8) is 0 Å². The number of aliphatic hydroxyl groups excluding tert-OH is 1. The normalized spacial score (nSPS) is 11.7. The van der Waals surface area contributed by atoms with E-state index in [1.807, 2.05) is 0 Å². The lowest BCUT2D eigenvalue weighted by Gasteiger charge is -2.24. The highest BCUT2D eigenvalue weighted by molar-refractivity contribution is 6.30. The molecule has 0 aliphatic heterocycles. The molecule has 1 heterocycles. The molecule has 1 aromatic heterocycles. The van der Waals surface area contributed by atoms with Crippen LogP contribution in [0.3, 0.4) is 0 Å². The molecule has 3 aromatic rings. The molecule has 2 N–H and O–H groups in total. The first kappa shape index (κ1) is 30.3. The van der Waals surface area contributed by atoms with E-state index in [-0.39, 0.29) is 18.2 Å². The van der Waals surface area contributed by atoms with Gasteiger partial charge in [-0.3, -0.25) is 10.2 Å². The molecule has 2 aromatic carbocycles. The standard InChI is InChI=1S/C26H27ClFN3O9/c1-15(2)39-26(35)38-14-37-25(34)21(32)13-31(29-24(33)22-11-23(36-3)30-40-22)12-16-4-6-17(7-5-16)19-10-18(27)8-9-20(19)28/h4-11,15,21,32H,12-14H2,1-3H3,(H,29,33). The zero-order valence-corrected chi connectivity index (χ0v) is 22.5. The highest BCUT2D eigenvalue weighted by Gasteiger charge is 2.24. The van der Waals surface area contributed by atoms with Gasteiger partial charge in [0, 0.05) is 17.1 Å². The smallest absolute Gasteiger partial charge is 0.479 e. The maximum absolute atomic E-state index is 14.3. The van der Waals surface area contributed by atoms with Gasteiger partial charge < -0.3 is 28.6 Å². The lowest BCUT2D eigenvalue weighted by atomic mass is 10.0. The van der Waals surface area contributed by atoms with E-state index in [1.165, 1.54) is 36.4 Å². The van der Waals surface area contributed by atoms with Gasteiger partial charge in [-0.25, -0.2) is 19.0 Å². The second-order valence-electron chi connectivity index (χ2n) is 8.53. The Morgan fingerprint density at radius 3 is 2.50 bits per heavy atom. The Morgan fingerprint density at radius 1 is 1.12 bits per heavy atom. The summed E-state index contributed by atoms with van der Waals surface area (Å²) in [5, 5.41) is 15.6. The van der Waals surface area contributed by atoms with E-state index in [0.717, 1.165) is 0 Å². The summed E-state index contributed by atoms with van der Waals surface area (Å²) in [6, 6.07) is 12.1. The predicted octanol–water partition coefficient (Wildman–Crippen LogP) is 3.71. The van der Waals surface area contributed by atoms with Gasteiger partial charge in [-0.05, 0) is 48.3 Å². The molecule has 0 spiro atoms. The molecule has 12 nitrogen and oxygen atoms in total. The van der Waals surface area contributed by atoms with Crippen LogP contribution in [0.15, 0.2) is 53.1 Å². The van der Waals surface area contributed by atoms with Gasteiger partial charge >= 0.3 is 18.0 Å². The first-order chi connectivity index (χ1) is 19.0. The molecule has 14 heteroatoms. The number of hydrogen-bond donors (Lipinski definition) is 2. The van der Waals surface area contributed by atoms with Gasteiger partial charge in [0.1, 0.15) is 5.82 Å². The van der Waals surface area contributed by atoms with Crippen molar-refractivity contribution in [3.8, 4) is 17.0 Å². The van der Waals surface area contributed by atoms with Crippen molar-refractivity contribution in [2.75, 3.05) is 20.4 Å². The first-order valence-corrected chi connectivity index (χ1v) is 12.2. The van der Waals surface area contributed by atoms with Gasteiger partial charge in [0.25, 0.3) is 5.88 Å². The SMILES string of the molecule is COc1cc(C(=O)NN(Cc2ccc(-c3cc(Cl)ccc3F)cc2)CC(O)C(=O)OCOC(=O)OC(C)C)on1. The van der Waals surface area contributed by atoms with Crippen LogP contribution >= 0.6 is 11.6 Å². The minimum atomic E-state index is -1.76. The van der Waals surface area contributed by atoms with E-state index in [1.54, 1.807) is 38.1 Å². The fourth-order valence-electron chi connectivity index (χ4n) is 3.28. The molecule has 3 rings (SSSR count). The Morgan fingerprint density at radius 2 is 1.85 bits per heavy atom. The number of halogens is 2. The van der Waals surface area contributed by atoms with Crippen molar-refractivity contribution >= 4 is 29.6 Å². The Kier molecular flexibility index (Phi) is 10.8. The number of nitrogens with one attached hydrogen (secondary N) is 1. The van der Waals surface area contributed by atoms with Gasteiger partial charge in [-0.15, -0.1) is 0 Å². The number of esters is 1. The molecular formula is C26H27ClFN3O9. The molecule has 0 aliphatic rings. The summed E-state index contributed by atoms with van der Waals surface area (Å²) >= 11 is 5.99. The van der Waals surface area contributed by atoms with E-state index >= 15 is 0 Å². The highest BCUT2D eigenvalue weighted by atomic mass is 35.5. The van der Waals surface area contributed by atoms with Crippen LogP contribution in [0.2, 0.25) is 5.02 Å². The molecule has 0 fully saturated rings. The summed E-state index contributed by atoms with van der Waals surface area (Å²) in [6.45, 7) is 2.00. The highest BCUT2D eigenvalue weighted by Crippen LogP contribution is 2.26. The molecule has 0 aliphatic carbocycles. The van der Waals surface area contributed by atoms with Crippen molar-refractivity contribution in [2.45, 2.75) is 32.6 Å². The molecule has 0 saturated carbocycles. The summed E-state index contributed by atoms with van der Waals surface area (Å²) in [7, 11) is 1.35. The fraction of sp³-hybridized carbons (Fsp3) is 0.308. The number of carbonyl (C=O) groups excluding carboxylic acids is 3. The average molecular weight is 580 g/mol. The number of hydrazine groups is 1. The number of benzene rings is 2. The average Bonchev–Trinajstić information content (AvgIpc) is 3.40. The quantitative estimate of drug-likeness (QED) is 0.184. The van der Waals surface area contributed by atoms with Crippen LogP contribution in [0.1, 0.15) is 30.0 Å². The van der Waals surface area contributed by atoms with E-state index in [4.69, 9.17) is 30.3 Å². The fourth-order valence-corrected chi connectivity index (χ4v) is 3.45. The minimum absolute atomic E-state index is 0.00310. The number of ether oxygens (including phenoxy) is 4. The van der Waals surface area contributed by atoms with E-state index in [2.05, 4.69) is 15.3 Å². The molecule has 1 unspecified atom stereocenters. The van der Waals surface area contributed by atoms with E-state index < -0.39 is 49.4 Å². The molecule has 214 valence electrons. The molecular weight excluding hydrogens is 553 g/mol. The topological polar surface area (TPSA) is 150 Å². The molecule has 1 atom stereocenters. The summed E-state index contributed by atoms with van der Waals surface area (Å²) in [4.78, 5) is 36.4. The number of methoxy groups -OCH3 is 1. The van der Waals surface area contributed by atoms with Crippen molar-refractivity contribution in [2.24, 2.45) is 0 Å². The maximum atomic E-state index is 14.3. The van der Waals surface area contributed by atoms with Gasteiger partial charge in [0.2, 0.25) is 12.6 Å². The Bertz CT molecular complexity index is 1320. The molecule has 0 radical (unpaired) electrons. The lowest BCUT2D eigenvalue weighted by Crippen LogP contribution is -2.47. The first-order valence-electron chi connectivity index (χ1n) is 11.8. The third kappa shape index (κ3) is 8.93. The lowest BCUT2D eigenvalue weighted by molar-refractivity contribution is -0.164. The summed E-state index contributed by atoms with van der Waals surface area (Å²) in [6.07, 6.45) is -3.24. The van der Waals surface area contributed by atoms with E-state index in [0.29, 0.717) is 21.7 Å². The second kappa shape index (κ2) is 14.3. The summed E-state index contributed by atoms with van der Waals surface area (Å²) in [5.41, 5.74) is 4.01. The summed E-state index contributed by atoms with van der Waals surface area (Å²) in [5.74, 6) is -2.43. The zero-order chi connectivity index (χ0) is 29.2. The van der Waals surface area contributed by atoms with Crippen LogP contribution in [0.25, 0.3) is 11.1 Å². The number of aromatic nitrogens is 1. The summed E-state index contributed by atoms with van der Waals surface area (Å²) < 4.78 is 38.2. The molecule has 0 bridgehead atoms. The molecule has 0 saturated heterocycles. The molecule has 40 heavy (non-hydrogen) atoms. The van der Waals surface area contributed by atoms with Crippen molar-refractivity contribution in [3.05, 3.63) is 70.7 Å². The number of amides is 1. The van der Waals surface area contributed by atoms with Crippen LogP contribution in [-0.2, 0) is 25.5 Å². The van der Waals surface area contributed by atoms with E-state index in [9.17, 15) is 23.9 Å². The van der Waals surface area contributed by atoms with Gasteiger partial charge in [0.15, 0.2) is 6.10 Å². The van der Waals surface area contributed by atoms with Gasteiger partial charge in [-0.2, -0.15) is 0 Å². The Labute approximate surface area is 233 Å². The van der Waals surface area contributed by atoms with Crippen molar-refractivity contribution < 1.29 is 47.4 Å². The number of hydrogen-bond acceptors (Lipinski definition) is 11. The van der Waals surface area contributed by atoms with Crippen LogP contribution in [-0.4, -0.2) is 66.0 Å².